The largest absolute Gasteiger partial charge is 0.416 e. The average Bonchev–Trinajstić information content (AvgIpc) is 3.46. The van der Waals surface area contributed by atoms with E-state index >= 15 is 0 Å². The lowest BCUT2D eigenvalue weighted by Crippen LogP contribution is -2.55. The van der Waals surface area contributed by atoms with Gasteiger partial charge in [0.15, 0.2) is 5.78 Å². The predicted molar refractivity (Wildman–Crippen MR) is 143 cm³/mol. The van der Waals surface area contributed by atoms with Crippen LogP contribution in [-0.2, 0) is 28.9 Å². The SMILES string of the molecule is N#Cc1ccc(C2C3=C(CCCC3=O)N(c3cccc(C(F)(F)F)c3)C(=O)N2CC(=O)N2CCn3nccc3C2)cc1. The van der Waals surface area contributed by atoms with Gasteiger partial charge < -0.3 is 9.80 Å². The number of aromatic nitrogens is 2. The van der Waals surface area contributed by atoms with Crippen LogP contribution in [0.1, 0.15) is 47.7 Å². The number of Topliss-reactive ketones (excluding diaryl/α,β-unsaturated/α-hetero) is 1. The van der Waals surface area contributed by atoms with Crippen molar-refractivity contribution in [1.82, 2.24) is 19.6 Å². The zero-order chi connectivity index (χ0) is 29.6. The quantitative estimate of drug-likeness (QED) is 0.445. The normalized spacial score (nSPS) is 19.0. The number of nitriles is 1. The Hall–Kier alpha value is -4.92. The smallest absolute Gasteiger partial charge is 0.333 e. The monoisotopic (exact) mass is 574 g/mol. The summed E-state index contributed by atoms with van der Waals surface area (Å²) < 4.78 is 42.7. The third-order valence-corrected chi connectivity index (χ3v) is 7.91. The number of ketones is 1. The van der Waals surface area contributed by atoms with Gasteiger partial charge >= 0.3 is 12.2 Å². The summed E-state index contributed by atoms with van der Waals surface area (Å²) in [6.07, 6.45) is -2.06. The fraction of sp³-hybridized carbons (Fsp3) is 0.300. The number of carbonyl (C=O) groups is 3. The molecule has 214 valence electrons. The highest BCUT2D eigenvalue weighted by Gasteiger charge is 2.46. The van der Waals surface area contributed by atoms with E-state index in [1.165, 1.54) is 17.0 Å². The second-order valence-electron chi connectivity index (χ2n) is 10.4. The fourth-order valence-corrected chi connectivity index (χ4v) is 5.88. The highest BCUT2D eigenvalue weighted by molar-refractivity contribution is 6.07. The molecule has 9 nitrogen and oxygen atoms in total. The number of amides is 3. The number of urea groups is 1. The van der Waals surface area contributed by atoms with Crippen LogP contribution in [0.5, 0.6) is 0 Å². The van der Waals surface area contributed by atoms with Crippen LogP contribution in [0.15, 0.2) is 72.1 Å². The molecule has 3 amide bonds. The third-order valence-electron chi connectivity index (χ3n) is 7.91. The number of rotatable bonds is 4. The molecule has 3 aliphatic rings. The zero-order valence-electron chi connectivity index (χ0n) is 22.3. The minimum atomic E-state index is -4.64. The Morgan fingerprint density at radius 3 is 2.57 bits per heavy atom. The Labute approximate surface area is 239 Å². The first kappa shape index (κ1) is 27.3. The summed E-state index contributed by atoms with van der Waals surface area (Å²) in [6, 6.07) is 13.0. The number of carbonyl (C=O) groups excluding carboxylic acids is 3. The van der Waals surface area contributed by atoms with Gasteiger partial charge in [-0.2, -0.15) is 23.5 Å². The molecule has 1 unspecified atom stereocenters. The van der Waals surface area contributed by atoms with Gasteiger partial charge in [-0.25, -0.2) is 4.79 Å². The standard InChI is InChI=1S/C30H25F3N6O3/c31-30(32,33)21-3-1-4-22(15-21)39-24-5-2-6-25(40)27(24)28(20-9-7-19(16-34)8-10-20)37(29(39)42)18-26(41)36-13-14-38-23(17-36)11-12-35-38/h1,3-4,7-12,15,28H,2,5-6,13-14,17-18H2. The molecule has 0 radical (unpaired) electrons. The number of allylic oxidation sites excluding steroid dienone is 1. The van der Waals surface area contributed by atoms with Crippen molar-refractivity contribution < 1.29 is 27.6 Å². The van der Waals surface area contributed by atoms with Crippen LogP contribution in [0.3, 0.4) is 0 Å². The second kappa shape index (κ2) is 10.5. The number of nitrogens with zero attached hydrogens (tertiary/aromatic N) is 6. The van der Waals surface area contributed by atoms with E-state index in [-0.39, 0.29) is 35.9 Å². The van der Waals surface area contributed by atoms with Crippen molar-refractivity contribution in [3.63, 3.8) is 0 Å². The molecule has 42 heavy (non-hydrogen) atoms. The molecular formula is C30H25F3N6O3. The van der Waals surface area contributed by atoms with Gasteiger partial charge in [-0.05, 0) is 54.8 Å². The van der Waals surface area contributed by atoms with Crippen LogP contribution in [0.25, 0.3) is 0 Å². The molecule has 0 bridgehead atoms. The number of anilines is 1. The summed E-state index contributed by atoms with van der Waals surface area (Å²) in [5.74, 6) is -0.611. The third kappa shape index (κ3) is 4.81. The van der Waals surface area contributed by atoms with Crippen molar-refractivity contribution in [2.75, 3.05) is 18.0 Å². The van der Waals surface area contributed by atoms with E-state index in [9.17, 15) is 32.8 Å². The molecule has 3 heterocycles. The van der Waals surface area contributed by atoms with E-state index in [4.69, 9.17) is 0 Å². The first-order valence-electron chi connectivity index (χ1n) is 13.5. The van der Waals surface area contributed by atoms with E-state index in [1.807, 2.05) is 6.07 Å². The summed E-state index contributed by atoms with van der Waals surface area (Å²) in [5.41, 5.74) is 1.37. The molecule has 1 aliphatic carbocycles. The highest BCUT2D eigenvalue weighted by Crippen LogP contribution is 2.44. The molecule has 2 aromatic carbocycles. The van der Waals surface area contributed by atoms with Crippen LogP contribution >= 0.6 is 0 Å². The molecule has 0 spiro atoms. The van der Waals surface area contributed by atoms with Crippen molar-refractivity contribution in [2.24, 2.45) is 0 Å². The van der Waals surface area contributed by atoms with Gasteiger partial charge in [0, 0.05) is 30.4 Å². The van der Waals surface area contributed by atoms with Crippen LogP contribution in [0.2, 0.25) is 0 Å². The Balaban J connectivity index is 1.46. The van der Waals surface area contributed by atoms with E-state index in [0.717, 1.165) is 22.7 Å². The molecule has 1 aromatic heterocycles. The second-order valence-corrected chi connectivity index (χ2v) is 10.4. The van der Waals surface area contributed by atoms with E-state index < -0.39 is 30.4 Å². The maximum absolute atomic E-state index is 14.3. The topological polar surface area (TPSA) is 103 Å². The molecule has 1 atom stereocenters. The predicted octanol–water partition coefficient (Wildman–Crippen LogP) is 4.81. The number of hydrogen-bond donors (Lipinski definition) is 0. The lowest BCUT2D eigenvalue weighted by Gasteiger charge is -2.45. The molecule has 0 fully saturated rings. The maximum atomic E-state index is 14.3. The molecule has 0 saturated heterocycles. The van der Waals surface area contributed by atoms with E-state index in [2.05, 4.69) is 5.10 Å². The number of halogens is 3. The molecule has 2 aliphatic heterocycles. The van der Waals surface area contributed by atoms with Crippen molar-refractivity contribution >= 4 is 23.4 Å². The first-order valence-corrected chi connectivity index (χ1v) is 13.5. The molecular weight excluding hydrogens is 549 g/mol. The Morgan fingerprint density at radius 1 is 1.05 bits per heavy atom. The van der Waals surface area contributed by atoms with Gasteiger partial charge in [-0.1, -0.05) is 18.2 Å². The molecule has 0 N–H and O–H groups in total. The Bertz CT molecular complexity index is 1650. The zero-order valence-corrected chi connectivity index (χ0v) is 22.3. The Morgan fingerprint density at radius 2 is 1.83 bits per heavy atom. The minimum Gasteiger partial charge on any atom is -0.333 e. The van der Waals surface area contributed by atoms with Gasteiger partial charge in [-0.3, -0.25) is 19.2 Å². The minimum absolute atomic E-state index is 0.0328. The van der Waals surface area contributed by atoms with Crippen molar-refractivity contribution in [2.45, 2.75) is 44.6 Å². The molecule has 3 aromatic rings. The number of hydrogen-bond acceptors (Lipinski definition) is 5. The van der Waals surface area contributed by atoms with Crippen LogP contribution in [-0.4, -0.2) is 50.4 Å². The van der Waals surface area contributed by atoms with Gasteiger partial charge in [-0.15, -0.1) is 0 Å². The van der Waals surface area contributed by atoms with Gasteiger partial charge in [0.1, 0.15) is 6.54 Å². The summed E-state index contributed by atoms with van der Waals surface area (Å²) in [4.78, 5) is 45.5. The molecule has 0 saturated carbocycles. The lowest BCUT2D eigenvalue weighted by atomic mass is 9.83. The van der Waals surface area contributed by atoms with Crippen LogP contribution in [0.4, 0.5) is 23.7 Å². The molecule has 6 rings (SSSR count). The van der Waals surface area contributed by atoms with E-state index in [0.29, 0.717) is 42.8 Å². The average molecular weight is 575 g/mol. The maximum Gasteiger partial charge on any atom is 0.416 e. The van der Waals surface area contributed by atoms with Gasteiger partial charge in [0.2, 0.25) is 5.91 Å². The van der Waals surface area contributed by atoms with Gasteiger partial charge in [0.25, 0.3) is 0 Å². The summed E-state index contributed by atoms with van der Waals surface area (Å²) in [5, 5.41) is 13.5. The summed E-state index contributed by atoms with van der Waals surface area (Å²) in [6.45, 7) is 0.719. The van der Waals surface area contributed by atoms with Crippen LogP contribution in [0, 0.1) is 11.3 Å². The Kier molecular flexibility index (Phi) is 6.80. The highest BCUT2D eigenvalue weighted by atomic mass is 19.4. The molecule has 12 heteroatoms. The summed E-state index contributed by atoms with van der Waals surface area (Å²) in [7, 11) is 0. The first-order chi connectivity index (χ1) is 20.2. The van der Waals surface area contributed by atoms with Crippen molar-refractivity contribution in [3.05, 3.63) is 94.4 Å². The van der Waals surface area contributed by atoms with Crippen molar-refractivity contribution in [1.29, 1.82) is 5.26 Å². The van der Waals surface area contributed by atoms with Gasteiger partial charge in [0.05, 0.1) is 47.7 Å². The van der Waals surface area contributed by atoms with Crippen LogP contribution < -0.4 is 4.90 Å². The van der Waals surface area contributed by atoms with E-state index in [1.54, 1.807) is 46.1 Å². The van der Waals surface area contributed by atoms with Crippen molar-refractivity contribution in [3.8, 4) is 6.07 Å². The lowest BCUT2D eigenvalue weighted by molar-refractivity contribution is -0.137. The summed E-state index contributed by atoms with van der Waals surface area (Å²) >= 11 is 0. The number of fused-ring (bicyclic) bond motifs is 1. The number of alkyl halides is 3. The fourth-order valence-electron chi connectivity index (χ4n) is 5.88. The number of benzene rings is 2.